The van der Waals surface area contributed by atoms with E-state index >= 15 is 0 Å². The molecule has 0 aromatic heterocycles. The van der Waals surface area contributed by atoms with Crippen LogP contribution in [0.2, 0.25) is 0 Å². The van der Waals surface area contributed by atoms with Crippen molar-refractivity contribution in [2.24, 2.45) is 0 Å². The van der Waals surface area contributed by atoms with Crippen LogP contribution in [0.3, 0.4) is 0 Å². The van der Waals surface area contributed by atoms with Crippen LogP contribution in [0.4, 0.5) is 0 Å². The molecule has 0 heterocycles. The fourth-order valence-electron chi connectivity index (χ4n) is 2.64. The van der Waals surface area contributed by atoms with Crippen LogP contribution in [0.5, 0.6) is 11.5 Å². The van der Waals surface area contributed by atoms with Crippen molar-refractivity contribution in [3.8, 4) is 11.5 Å². The topological polar surface area (TPSA) is 87.1 Å². The van der Waals surface area contributed by atoms with Gasteiger partial charge in [-0.2, -0.15) is 0 Å². The van der Waals surface area contributed by atoms with Crippen molar-refractivity contribution in [1.82, 2.24) is 4.90 Å². The maximum absolute atomic E-state index is 12.6. The summed E-state index contributed by atoms with van der Waals surface area (Å²) in [5.41, 5.74) is 0.0728. The van der Waals surface area contributed by atoms with Gasteiger partial charge in [0.15, 0.2) is 0 Å². The lowest BCUT2D eigenvalue weighted by Crippen LogP contribution is -2.42. The van der Waals surface area contributed by atoms with E-state index in [9.17, 15) is 19.8 Å². The molecule has 21 heavy (non-hydrogen) atoms. The van der Waals surface area contributed by atoms with Crippen molar-refractivity contribution in [3.63, 3.8) is 0 Å². The number of carbonyl (C=O) groups is 2. The van der Waals surface area contributed by atoms with E-state index in [1.54, 1.807) is 0 Å². The zero-order chi connectivity index (χ0) is 15.4. The average Bonchev–Trinajstić information content (AvgIpc) is 2.97. The molecule has 0 atom stereocenters. The summed E-state index contributed by atoms with van der Waals surface area (Å²) in [4.78, 5) is 25.6. The minimum absolute atomic E-state index is 0.0233. The number of esters is 1. The summed E-state index contributed by atoms with van der Waals surface area (Å²) >= 11 is 0. The van der Waals surface area contributed by atoms with Crippen LogP contribution in [0, 0.1) is 0 Å². The van der Waals surface area contributed by atoms with E-state index in [0.717, 1.165) is 31.7 Å². The van der Waals surface area contributed by atoms with E-state index in [0.29, 0.717) is 0 Å². The van der Waals surface area contributed by atoms with Crippen LogP contribution in [-0.4, -0.2) is 46.7 Å². The van der Waals surface area contributed by atoms with Gasteiger partial charge in [-0.1, -0.05) is 12.8 Å². The monoisotopic (exact) mass is 293 g/mol. The Kier molecular flexibility index (Phi) is 4.67. The highest BCUT2D eigenvalue weighted by atomic mass is 16.5. The lowest BCUT2D eigenvalue weighted by Gasteiger charge is -2.28. The van der Waals surface area contributed by atoms with Crippen molar-refractivity contribution >= 4 is 11.9 Å². The third-order valence-electron chi connectivity index (χ3n) is 3.77. The first kappa shape index (κ1) is 15.2. The van der Waals surface area contributed by atoms with Crippen LogP contribution in [-0.2, 0) is 9.53 Å². The van der Waals surface area contributed by atoms with Crippen molar-refractivity contribution in [1.29, 1.82) is 0 Å². The van der Waals surface area contributed by atoms with E-state index in [1.807, 2.05) is 0 Å². The third kappa shape index (κ3) is 3.45. The Bertz CT molecular complexity index is 537. The number of rotatable bonds is 4. The van der Waals surface area contributed by atoms with Crippen LogP contribution in [0.25, 0.3) is 0 Å². The predicted molar refractivity (Wildman–Crippen MR) is 75.1 cm³/mol. The molecule has 0 radical (unpaired) electrons. The molecule has 0 unspecified atom stereocenters. The Morgan fingerprint density at radius 3 is 2.52 bits per heavy atom. The van der Waals surface area contributed by atoms with E-state index in [2.05, 4.69) is 4.74 Å². The minimum atomic E-state index is -0.492. The van der Waals surface area contributed by atoms with Crippen LogP contribution < -0.4 is 0 Å². The quantitative estimate of drug-likeness (QED) is 0.824. The number of nitrogens with zero attached hydrogens (tertiary/aromatic N) is 1. The largest absolute Gasteiger partial charge is 0.508 e. The number of phenolic OH excluding ortho intramolecular Hbond substituents is 2. The predicted octanol–water partition coefficient (Wildman–Crippen LogP) is 1.66. The fraction of sp³-hybridized carbons (Fsp3) is 0.467. The summed E-state index contributed by atoms with van der Waals surface area (Å²) in [7, 11) is 1.28. The Labute approximate surface area is 122 Å². The van der Waals surface area contributed by atoms with Crippen LogP contribution in [0.15, 0.2) is 18.2 Å². The number of ether oxygens (including phenoxy) is 1. The van der Waals surface area contributed by atoms with E-state index in [-0.39, 0.29) is 29.6 Å². The summed E-state index contributed by atoms with van der Waals surface area (Å²) in [5, 5.41) is 19.1. The first-order valence-electron chi connectivity index (χ1n) is 6.92. The number of carbonyl (C=O) groups excluding carboxylic acids is 2. The van der Waals surface area contributed by atoms with Crippen molar-refractivity contribution in [2.75, 3.05) is 13.7 Å². The third-order valence-corrected chi connectivity index (χ3v) is 3.77. The normalized spacial score (nSPS) is 14.9. The van der Waals surface area contributed by atoms with E-state index in [1.165, 1.54) is 24.1 Å². The van der Waals surface area contributed by atoms with Gasteiger partial charge in [0.2, 0.25) is 0 Å². The molecule has 6 heteroatoms. The van der Waals surface area contributed by atoms with Crippen molar-refractivity contribution < 1.29 is 24.5 Å². The maximum Gasteiger partial charge on any atom is 0.325 e. The van der Waals surface area contributed by atoms with Gasteiger partial charge in [-0.3, -0.25) is 9.59 Å². The van der Waals surface area contributed by atoms with Gasteiger partial charge in [0.1, 0.15) is 18.0 Å². The van der Waals surface area contributed by atoms with Gasteiger partial charge < -0.3 is 19.8 Å². The highest BCUT2D eigenvalue weighted by molar-refractivity contribution is 5.98. The molecule has 0 saturated heterocycles. The van der Waals surface area contributed by atoms with Gasteiger partial charge in [0.05, 0.1) is 12.7 Å². The summed E-state index contributed by atoms with van der Waals surface area (Å²) in [6, 6.07) is 3.77. The average molecular weight is 293 g/mol. The van der Waals surface area contributed by atoms with Gasteiger partial charge in [0, 0.05) is 12.1 Å². The summed E-state index contributed by atoms with van der Waals surface area (Å²) in [6.45, 7) is -0.139. The first-order chi connectivity index (χ1) is 10.0. The number of hydrogen-bond donors (Lipinski definition) is 2. The Hall–Kier alpha value is -2.24. The molecule has 1 aromatic rings. The van der Waals surface area contributed by atoms with Gasteiger partial charge in [0.25, 0.3) is 5.91 Å². The van der Waals surface area contributed by atoms with Gasteiger partial charge >= 0.3 is 5.97 Å². The number of methoxy groups -OCH3 is 1. The molecule has 1 aliphatic rings. The molecular formula is C15H19NO5. The lowest BCUT2D eigenvalue weighted by atomic mass is 10.1. The lowest BCUT2D eigenvalue weighted by molar-refractivity contribution is -0.141. The molecule has 1 fully saturated rings. The second-order valence-electron chi connectivity index (χ2n) is 5.15. The second-order valence-corrected chi connectivity index (χ2v) is 5.15. The molecule has 0 spiro atoms. The van der Waals surface area contributed by atoms with Gasteiger partial charge in [-0.15, -0.1) is 0 Å². The first-order valence-corrected chi connectivity index (χ1v) is 6.92. The molecule has 1 amide bonds. The zero-order valence-electron chi connectivity index (χ0n) is 11.9. The number of hydrogen-bond acceptors (Lipinski definition) is 5. The molecule has 114 valence electrons. The van der Waals surface area contributed by atoms with Gasteiger partial charge in [-0.25, -0.2) is 0 Å². The molecule has 1 aliphatic carbocycles. The summed E-state index contributed by atoms with van der Waals surface area (Å²) in [5.74, 6) is -1.34. The Morgan fingerprint density at radius 2 is 1.95 bits per heavy atom. The highest BCUT2D eigenvalue weighted by Gasteiger charge is 2.30. The number of amides is 1. The summed E-state index contributed by atoms with van der Waals surface area (Å²) < 4.78 is 4.64. The molecule has 1 aromatic carbocycles. The summed E-state index contributed by atoms with van der Waals surface area (Å²) in [6.07, 6.45) is 3.69. The van der Waals surface area contributed by atoms with Crippen molar-refractivity contribution in [3.05, 3.63) is 23.8 Å². The second kappa shape index (κ2) is 6.47. The number of phenols is 2. The zero-order valence-corrected chi connectivity index (χ0v) is 11.9. The van der Waals surface area contributed by atoms with E-state index in [4.69, 9.17) is 0 Å². The molecule has 0 aliphatic heterocycles. The smallest absolute Gasteiger partial charge is 0.325 e. The standard InChI is InChI=1S/C15H19NO5/c1-21-14(19)9-16(10-4-2-3-5-10)15(20)12-7-6-11(17)8-13(12)18/h6-8,10,17-18H,2-5,9H2,1H3. The highest BCUT2D eigenvalue weighted by Crippen LogP contribution is 2.28. The SMILES string of the molecule is COC(=O)CN(C(=O)c1ccc(O)cc1O)C1CCCC1. The molecule has 2 N–H and O–H groups in total. The van der Waals surface area contributed by atoms with Crippen LogP contribution >= 0.6 is 0 Å². The molecule has 6 nitrogen and oxygen atoms in total. The Balaban J connectivity index is 2.26. The van der Waals surface area contributed by atoms with E-state index < -0.39 is 11.9 Å². The number of benzene rings is 1. The van der Waals surface area contributed by atoms with Crippen LogP contribution in [0.1, 0.15) is 36.0 Å². The number of aromatic hydroxyl groups is 2. The fourth-order valence-corrected chi connectivity index (χ4v) is 2.64. The molecule has 2 rings (SSSR count). The Morgan fingerprint density at radius 1 is 1.29 bits per heavy atom. The molecule has 0 bridgehead atoms. The van der Waals surface area contributed by atoms with Crippen molar-refractivity contribution in [2.45, 2.75) is 31.7 Å². The molecular weight excluding hydrogens is 274 g/mol. The maximum atomic E-state index is 12.6. The minimum Gasteiger partial charge on any atom is -0.508 e. The molecule has 1 saturated carbocycles. The van der Waals surface area contributed by atoms with Gasteiger partial charge in [-0.05, 0) is 25.0 Å².